The quantitative estimate of drug-likeness (QED) is 0.517. The molecule has 4 aromatic rings. The molecule has 3 N–H and O–H groups in total. The first-order valence-electron chi connectivity index (χ1n) is 8.14. The van der Waals surface area contributed by atoms with Crippen LogP contribution >= 0.6 is 0 Å². The molecule has 0 radical (unpaired) electrons. The monoisotopic (exact) mass is 347 g/mol. The van der Waals surface area contributed by atoms with Gasteiger partial charge in [0.05, 0.1) is 30.4 Å². The van der Waals surface area contributed by atoms with Gasteiger partial charge in [-0.25, -0.2) is 4.98 Å². The Bertz CT molecular complexity index is 1030. The highest BCUT2D eigenvalue weighted by Gasteiger charge is 2.12. The van der Waals surface area contributed by atoms with E-state index in [2.05, 4.69) is 25.5 Å². The van der Waals surface area contributed by atoms with Gasteiger partial charge in [-0.2, -0.15) is 5.10 Å². The number of benzene rings is 2. The Hall–Kier alpha value is -3.61. The highest BCUT2D eigenvalue weighted by molar-refractivity contribution is 5.93. The number of fused-ring (bicyclic) bond motifs is 1. The van der Waals surface area contributed by atoms with Gasteiger partial charge in [-0.15, -0.1) is 0 Å². The Morgan fingerprint density at radius 1 is 1.15 bits per heavy atom. The molecule has 0 aliphatic rings. The van der Waals surface area contributed by atoms with Crippen molar-refractivity contribution >= 4 is 16.9 Å². The zero-order chi connectivity index (χ0) is 17.9. The van der Waals surface area contributed by atoms with Crippen LogP contribution in [0.15, 0.2) is 54.6 Å². The second kappa shape index (κ2) is 6.72. The van der Waals surface area contributed by atoms with Crippen molar-refractivity contribution in [2.45, 2.75) is 6.54 Å². The number of rotatable bonds is 5. The first-order valence-corrected chi connectivity index (χ1v) is 8.14. The van der Waals surface area contributed by atoms with E-state index in [1.165, 1.54) is 0 Å². The van der Waals surface area contributed by atoms with E-state index in [4.69, 9.17) is 4.74 Å². The van der Waals surface area contributed by atoms with E-state index >= 15 is 0 Å². The summed E-state index contributed by atoms with van der Waals surface area (Å²) in [6.07, 6.45) is 0. The number of para-hydroxylation sites is 2. The molecule has 0 saturated heterocycles. The van der Waals surface area contributed by atoms with Gasteiger partial charge in [0.15, 0.2) is 0 Å². The average Bonchev–Trinajstić information content (AvgIpc) is 3.33. The van der Waals surface area contributed by atoms with E-state index < -0.39 is 0 Å². The van der Waals surface area contributed by atoms with Gasteiger partial charge in [-0.3, -0.25) is 9.89 Å². The van der Waals surface area contributed by atoms with Crippen LogP contribution in [0.2, 0.25) is 0 Å². The summed E-state index contributed by atoms with van der Waals surface area (Å²) in [7, 11) is 1.61. The van der Waals surface area contributed by atoms with Gasteiger partial charge in [-0.05, 0) is 30.3 Å². The van der Waals surface area contributed by atoms with Crippen LogP contribution in [0.4, 0.5) is 0 Å². The number of aromatic amines is 2. The number of hydrogen-bond donors (Lipinski definition) is 3. The summed E-state index contributed by atoms with van der Waals surface area (Å²) in [6, 6.07) is 17.0. The summed E-state index contributed by atoms with van der Waals surface area (Å²) in [4.78, 5) is 20.0. The molecule has 0 spiro atoms. The van der Waals surface area contributed by atoms with Gasteiger partial charge in [0, 0.05) is 5.56 Å². The molecular weight excluding hydrogens is 330 g/mol. The molecule has 2 aromatic heterocycles. The summed E-state index contributed by atoms with van der Waals surface area (Å²) in [5, 5.41) is 9.81. The number of H-pyrrole nitrogens is 2. The first-order chi connectivity index (χ1) is 12.7. The topological polar surface area (TPSA) is 95.7 Å². The molecule has 4 rings (SSSR count). The van der Waals surface area contributed by atoms with Crippen molar-refractivity contribution in [1.29, 1.82) is 0 Å². The molecule has 26 heavy (non-hydrogen) atoms. The zero-order valence-electron chi connectivity index (χ0n) is 14.1. The number of hydrogen-bond acceptors (Lipinski definition) is 4. The maximum atomic E-state index is 12.4. The van der Waals surface area contributed by atoms with Crippen molar-refractivity contribution in [2.24, 2.45) is 0 Å². The van der Waals surface area contributed by atoms with Crippen LogP contribution in [0.5, 0.6) is 5.75 Å². The van der Waals surface area contributed by atoms with Crippen molar-refractivity contribution in [2.75, 3.05) is 7.11 Å². The van der Waals surface area contributed by atoms with Crippen LogP contribution in [0.1, 0.15) is 16.3 Å². The van der Waals surface area contributed by atoms with Gasteiger partial charge in [0.25, 0.3) is 5.91 Å². The van der Waals surface area contributed by atoms with Crippen molar-refractivity contribution in [3.05, 3.63) is 66.1 Å². The van der Waals surface area contributed by atoms with Crippen LogP contribution in [0.25, 0.3) is 22.3 Å². The van der Waals surface area contributed by atoms with Crippen LogP contribution in [-0.2, 0) is 6.54 Å². The molecule has 7 heteroatoms. The maximum Gasteiger partial charge on any atom is 0.269 e. The lowest BCUT2D eigenvalue weighted by Crippen LogP contribution is -2.23. The molecule has 1 amide bonds. The van der Waals surface area contributed by atoms with Crippen LogP contribution in [-0.4, -0.2) is 33.2 Å². The molecule has 2 aromatic carbocycles. The minimum atomic E-state index is -0.243. The molecule has 0 saturated carbocycles. The fourth-order valence-electron chi connectivity index (χ4n) is 2.72. The number of imidazole rings is 1. The van der Waals surface area contributed by atoms with E-state index in [0.29, 0.717) is 23.8 Å². The van der Waals surface area contributed by atoms with Gasteiger partial charge >= 0.3 is 0 Å². The molecule has 0 atom stereocenters. The molecule has 0 unspecified atom stereocenters. The molecule has 0 aliphatic carbocycles. The Morgan fingerprint density at radius 2 is 2.04 bits per heavy atom. The highest BCUT2D eigenvalue weighted by Crippen LogP contribution is 2.22. The SMILES string of the molecule is COc1cccc(-c2cc(C(=O)NCc3nc4ccccc4[nH]3)[nH]n2)c1. The molecule has 0 fully saturated rings. The summed E-state index contributed by atoms with van der Waals surface area (Å²) < 4.78 is 5.22. The number of nitrogens with zero attached hydrogens (tertiary/aromatic N) is 2. The minimum Gasteiger partial charge on any atom is -0.497 e. The number of nitrogens with one attached hydrogen (secondary N) is 3. The number of amides is 1. The Balaban J connectivity index is 1.46. The van der Waals surface area contributed by atoms with Gasteiger partial charge in [0.2, 0.25) is 0 Å². The lowest BCUT2D eigenvalue weighted by atomic mass is 10.1. The minimum absolute atomic E-state index is 0.243. The molecule has 7 nitrogen and oxygen atoms in total. The van der Waals surface area contributed by atoms with Crippen LogP contribution in [0, 0.1) is 0 Å². The van der Waals surface area contributed by atoms with E-state index in [9.17, 15) is 4.79 Å². The Labute approximate surface area is 149 Å². The third kappa shape index (κ3) is 3.14. The Kier molecular flexibility index (Phi) is 4.10. The maximum absolute atomic E-state index is 12.4. The third-order valence-electron chi connectivity index (χ3n) is 4.04. The number of carbonyl (C=O) groups is 1. The fourth-order valence-corrected chi connectivity index (χ4v) is 2.72. The molecule has 2 heterocycles. The smallest absolute Gasteiger partial charge is 0.269 e. The lowest BCUT2D eigenvalue weighted by Gasteiger charge is -2.01. The summed E-state index contributed by atoms with van der Waals surface area (Å²) >= 11 is 0. The number of methoxy groups -OCH3 is 1. The normalized spacial score (nSPS) is 10.8. The van der Waals surface area contributed by atoms with Gasteiger partial charge in [0.1, 0.15) is 17.3 Å². The van der Waals surface area contributed by atoms with Crippen molar-refractivity contribution in [3.63, 3.8) is 0 Å². The number of aromatic nitrogens is 4. The highest BCUT2D eigenvalue weighted by atomic mass is 16.5. The fraction of sp³-hybridized carbons (Fsp3) is 0.105. The van der Waals surface area contributed by atoms with Crippen LogP contribution < -0.4 is 10.1 Å². The van der Waals surface area contributed by atoms with E-state index in [1.54, 1.807) is 13.2 Å². The van der Waals surface area contributed by atoms with Crippen molar-refractivity contribution in [1.82, 2.24) is 25.5 Å². The molecule has 0 bridgehead atoms. The predicted molar refractivity (Wildman–Crippen MR) is 97.8 cm³/mol. The van der Waals surface area contributed by atoms with Crippen molar-refractivity contribution < 1.29 is 9.53 Å². The second-order valence-electron chi connectivity index (χ2n) is 5.78. The van der Waals surface area contributed by atoms with E-state index in [-0.39, 0.29) is 5.91 Å². The van der Waals surface area contributed by atoms with E-state index in [0.717, 1.165) is 22.3 Å². The third-order valence-corrected chi connectivity index (χ3v) is 4.04. The lowest BCUT2D eigenvalue weighted by molar-refractivity contribution is 0.0945. The second-order valence-corrected chi connectivity index (χ2v) is 5.78. The summed E-state index contributed by atoms with van der Waals surface area (Å²) in [5.74, 6) is 1.19. The zero-order valence-corrected chi connectivity index (χ0v) is 14.1. The van der Waals surface area contributed by atoms with Gasteiger partial charge in [-0.1, -0.05) is 24.3 Å². The number of ether oxygens (including phenoxy) is 1. The largest absolute Gasteiger partial charge is 0.497 e. The molecular formula is C19H17N5O2. The summed E-state index contributed by atoms with van der Waals surface area (Å²) in [5.41, 5.74) is 3.76. The van der Waals surface area contributed by atoms with Crippen LogP contribution in [0.3, 0.4) is 0 Å². The molecule has 130 valence electrons. The van der Waals surface area contributed by atoms with E-state index in [1.807, 2.05) is 48.5 Å². The summed E-state index contributed by atoms with van der Waals surface area (Å²) in [6.45, 7) is 0.307. The Morgan fingerprint density at radius 3 is 2.88 bits per heavy atom. The standard InChI is InChI=1S/C19H17N5O2/c1-26-13-6-4-5-12(9-13)16-10-17(24-23-16)19(25)20-11-18-21-14-7-2-3-8-15(14)22-18/h2-10H,11H2,1H3,(H,20,25)(H,21,22)(H,23,24). The molecule has 0 aliphatic heterocycles. The number of carbonyl (C=O) groups excluding carboxylic acids is 1. The predicted octanol–water partition coefficient (Wildman–Crippen LogP) is 2.89. The van der Waals surface area contributed by atoms with Crippen molar-refractivity contribution in [3.8, 4) is 17.0 Å². The van der Waals surface area contributed by atoms with Gasteiger partial charge < -0.3 is 15.0 Å². The average molecular weight is 347 g/mol. The first kappa shape index (κ1) is 15.9.